The Balaban J connectivity index is 2.44. The minimum atomic E-state index is -0.458. The van der Waals surface area contributed by atoms with Gasteiger partial charge in [-0.25, -0.2) is 4.79 Å². The van der Waals surface area contributed by atoms with Gasteiger partial charge < -0.3 is 10.6 Å². The number of rotatable bonds is 3. The maximum Gasteiger partial charge on any atom is 0.346 e. The lowest BCUT2D eigenvalue weighted by atomic mass is 10.1. The molecule has 0 radical (unpaired) electrons. The summed E-state index contributed by atoms with van der Waals surface area (Å²) in [6.07, 6.45) is 1.61. The van der Waals surface area contributed by atoms with Gasteiger partial charge >= 0.3 is 6.03 Å². The van der Waals surface area contributed by atoms with Crippen LogP contribution in [-0.4, -0.2) is 23.3 Å². The first-order valence-electron chi connectivity index (χ1n) is 5.25. The molecule has 0 saturated heterocycles. The van der Waals surface area contributed by atoms with Gasteiger partial charge in [-0.15, -0.1) is 6.58 Å². The standard InChI is InChI=1S/C12H11Cl2N3O/c1-2-5-17-10(11(15)16-12(17)18)8-4-3-7(13)6-9(8)14/h2-4,6,10H,1,5H2,(H2,15,16,18). The van der Waals surface area contributed by atoms with Crippen LogP contribution < -0.4 is 5.73 Å². The molecule has 0 bridgehead atoms. The van der Waals surface area contributed by atoms with Crippen molar-refractivity contribution in [1.29, 1.82) is 0 Å². The summed E-state index contributed by atoms with van der Waals surface area (Å²) >= 11 is 12.0. The van der Waals surface area contributed by atoms with E-state index < -0.39 is 6.04 Å². The average Bonchev–Trinajstić information content (AvgIpc) is 2.56. The van der Waals surface area contributed by atoms with E-state index in [1.807, 2.05) is 0 Å². The van der Waals surface area contributed by atoms with Crippen LogP contribution in [0.3, 0.4) is 0 Å². The highest BCUT2D eigenvalue weighted by molar-refractivity contribution is 6.35. The van der Waals surface area contributed by atoms with Gasteiger partial charge in [0, 0.05) is 22.2 Å². The van der Waals surface area contributed by atoms with Crippen LogP contribution in [0.25, 0.3) is 0 Å². The molecule has 2 amide bonds. The average molecular weight is 284 g/mol. The number of carbonyl (C=O) groups is 1. The third kappa shape index (κ3) is 2.21. The summed E-state index contributed by atoms with van der Waals surface area (Å²) in [5.74, 6) is 0.228. The van der Waals surface area contributed by atoms with Gasteiger partial charge in [0.15, 0.2) is 0 Å². The highest BCUT2D eigenvalue weighted by Crippen LogP contribution is 2.33. The van der Waals surface area contributed by atoms with E-state index in [0.717, 1.165) is 0 Å². The monoisotopic (exact) mass is 283 g/mol. The fourth-order valence-electron chi connectivity index (χ4n) is 1.88. The molecule has 1 aromatic carbocycles. The second-order valence-corrected chi connectivity index (χ2v) is 4.67. The quantitative estimate of drug-likeness (QED) is 0.867. The fourth-order valence-corrected chi connectivity index (χ4v) is 2.39. The molecule has 4 nitrogen and oxygen atoms in total. The molecule has 94 valence electrons. The first-order chi connectivity index (χ1) is 8.54. The van der Waals surface area contributed by atoms with Crippen molar-refractivity contribution in [3.63, 3.8) is 0 Å². The first kappa shape index (κ1) is 12.9. The van der Waals surface area contributed by atoms with Crippen LogP contribution in [0.15, 0.2) is 35.8 Å². The Kier molecular flexibility index (Phi) is 3.59. The van der Waals surface area contributed by atoms with E-state index in [0.29, 0.717) is 22.2 Å². The van der Waals surface area contributed by atoms with E-state index in [1.54, 1.807) is 24.3 Å². The van der Waals surface area contributed by atoms with Crippen molar-refractivity contribution in [1.82, 2.24) is 4.90 Å². The molecule has 0 fully saturated rings. The maximum atomic E-state index is 11.7. The molecule has 18 heavy (non-hydrogen) atoms. The molecule has 0 saturated carbocycles. The lowest BCUT2D eigenvalue weighted by Gasteiger charge is -2.24. The van der Waals surface area contributed by atoms with Gasteiger partial charge in [-0.2, -0.15) is 4.99 Å². The summed E-state index contributed by atoms with van der Waals surface area (Å²) in [6, 6.07) is 4.21. The number of benzene rings is 1. The minimum absolute atomic E-state index is 0.228. The minimum Gasteiger partial charge on any atom is -0.385 e. The molecule has 1 unspecified atom stereocenters. The highest BCUT2D eigenvalue weighted by atomic mass is 35.5. The van der Waals surface area contributed by atoms with E-state index in [2.05, 4.69) is 11.6 Å². The maximum absolute atomic E-state index is 11.7. The molecule has 0 spiro atoms. The zero-order chi connectivity index (χ0) is 13.3. The summed E-state index contributed by atoms with van der Waals surface area (Å²) in [5, 5.41) is 0.980. The van der Waals surface area contributed by atoms with Gasteiger partial charge in [0.2, 0.25) is 0 Å². The van der Waals surface area contributed by atoms with Gasteiger partial charge in [0.1, 0.15) is 11.9 Å². The molecule has 1 atom stereocenters. The van der Waals surface area contributed by atoms with E-state index >= 15 is 0 Å². The van der Waals surface area contributed by atoms with Crippen LogP contribution in [0.2, 0.25) is 10.0 Å². The number of halogens is 2. The normalized spacial score (nSPS) is 19.0. The van der Waals surface area contributed by atoms with Gasteiger partial charge in [0.05, 0.1) is 0 Å². The lowest BCUT2D eigenvalue weighted by molar-refractivity contribution is 0.213. The van der Waals surface area contributed by atoms with Crippen LogP contribution in [0.4, 0.5) is 4.79 Å². The van der Waals surface area contributed by atoms with Crippen LogP contribution in [0.5, 0.6) is 0 Å². The molecule has 1 aliphatic heterocycles. The highest BCUT2D eigenvalue weighted by Gasteiger charge is 2.34. The molecule has 6 heteroatoms. The first-order valence-corrected chi connectivity index (χ1v) is 6.00. The Morgan fingerprint density at radius 2 is 2.22 bits per heavy atom. The smallest absolute Gasteiger partial charge is 0.346 e. The Morgan fingerprint density at radius 1 is 1.50 bits per heavy atom. The molecule has 1 aliphatic rings. The Morgan fingerprint density at radius 3 is 2.83 bits per heavy atom. The van der Waals surface area contributed by atoms with Gasteiger partial charge in [-0.3, -0.25) is 0 Å². The number of amidine groups is 1. The molecule has 1 heterocycles. The molecule has 0 aromatic heterocycles. The number of hydrogen-bond donors (Lipinski definition) is 1. The summed E-state index contributed by atoms with van der Waals surface area (Å²) in [6.45, 7) is 3.96. The number of aliphatic imine (C=N–C) groups is 1. The van der Waals surface area contributed by atoms with Crippen LogP contribution in [0, 0.1) is 0 Å². The number of hydrogen-bond acceptors (Lipinski definition) is 2. The number of urea groups is 1. The molecule has 0 aliphatic carbocycles. The number of nitrogens with two attached hydrogens (primary N) is 1. The third-order valence-corrected chi connectivity index (χ3v) is 3.21. The van der Waals surface area contributed by atoms with Crippen molar-refractivity contribution >= 4 is 35.1 Å². The summed E-state index contributed by atoms with van der Waals surface area (Å²) < 4.78 is 0. The molecule has 2 N–H and O–H groups in total. The molecular formula is C12H11Cl2N3O. The van der Waals surface area contributed by atoms with Crippen molar-refractivity contribution < 1.29 is 4.79 Å². The second kappa shape index (κ2) is 5.00. The second-order valence-electron chi connectivity index (χ2n) is 3.83. The summed E-state index contributed by atoms with van der Waals surface area (Å²) in [4.78, 5) is 16.9. The van der Waals surface area contributed by atoms with Crippen molar-refractivity contribution in [3.05, 3.63) is 46.5 Å². The molecular weight excluding hydrogens is 273 g/mol. The SMILES string of the molecule is C=CCN1C(=O)N=C(N)C1c1ccc(Cl)cc1Cl. The van der Waals surface area contributed by atoms with Crippen molar-refractivity contribution in [3.8, 4) is 0 Å². The predicted octanol–water partition coefficient (Wildman–Crippen LogP) is 3.01. The van der Waals surface area contributed by atoms with E-state index in [9.17, 15) is 4.79 Å². The Labute approximate surface area is 115 Å². The largest absolute Gasteiger partial charge is 0.385 e. The van der Waals surface area contributed by atoms with E-state index in [-0.39, 0.29) is 11.9 Å². The number of amides is 2. The lowest BCUT2D eigenvalue weighted by Crippen LogP contribution is -2.33. The van der Waals surface area contributed by atoms with E-state index in [4.69, 9.17) is 28.9 Å². The van der Waals surface area contributed by atoms with Crippen molar-refractivity contribution in [2.24, 2.45) is 10.7 Å². The topological polar surface area (TPSA) is 58.7 Å². The Hall–Kier alpha value is -1.52. The zero-order valence-electron chi connectivity index (χ0n) is 9.44. The predicted molar refractivity (Wildman–Crippen MR) is 73.1 cm³/mol. The Bertz CT molecular complexity index is 542. The van der Waals surface area contributed by atoms with Crippen molar-refractivity contribution in [2.75, 3.05) is 6.54 Å². The van der Waals surface area contributed by atoms with Gasteiger partial charge in [0.25, 0.3) is 0 Å². The number of nitrogens with zero attached hydrogens (tertiary/aromatic N) is 2. The van der Waals surface area contributed by atoms with E-state index in [1.165, 1.54) is 4.90 Å². The molecule has 1 aromatic rings. The third-order valence-electron chi connectivity index (χ3n) is 2.65. The van der Waals surface area contributed by atoms with Gasteiger partial charge in [-0.05, 0) is 12.1 Å². The van der Waals surface area contributed by atoms with Crippen molar-refractivity contribution in [2.45, 2.75) is 6.04 Å². The van der Waals surface area contributed by atoms with Gasteiger partial charge in [-0.1, -0.05) is 35.3 Å². The fraction of sp³-hybridized carbons (Fsp3) is 0.167. The summed E-state index contributed by atoms with van der Waals surface area (Å²) in [5.41, 5.74) is 6.49. The zero-order valence-corrected chi connectivity index (χ0v) is 10.9. The molecule has 2 rings (SSSR count). The summed E-state index contributed by atoms with van der Waals surface area (Å²) in [7, 11) is 0. The van der Waals surface area contributed by atoms with Crippen LogP contribution in [0.1, 0.15) is 11.6 Å². The number of carbonyl (C=O) groups excluding carboxylic acids is 1. The van der Waals surface area contributed by atoms with Crippen LogP contribution >= 0.6 is 23.2 Å². The van der Waals surface area contributed by atoms with Crippen LogP contribution in [-0.2, 0) is 0 Å².